The van der Waals surface area contributed by atoms with Gasteiger partial charge in [-0.3, -0.25) is 0 Å². The molecule has 0 bridgehead atoms. The second-order valence-corrected chi connectivity index (χ2v) is 5.17. The number of fused-ring (bicyclic) bond motifs is 1. The van der Waals surface area contributed by atoms with Crippen molar-refractivity contribution in [1.82, 2.24) is 0 Å². The Balaban J connectivity index is 1.84. The molecule has 3 nitrogen and oxygen atoms in total. The van der Waals surface area contributed by atoms with Crippen LogP contribution >= 0.6 is 0 Å². The highest BCUT2D eigenvalue weighted by atomic mass is 16.5. The van der Waals surface area contributed by atoms with E-state index in [9.17, 15) is 4.79 Å². The molecule has 0 heterocycles. The predicted molar refractivity (Wildman–Crippen MR) is 76.7 cm³/mol. The molecule has 0 saturated carbocycles. The molecule has 0 aromatic heterocycles. The summed E-state index contributed by atoms with van der Waals surface area (Å²) in [5, 5.41) is 9.01. The van der Waals surface area contributed by atoms with Crippen LogP contribution in [0.15, 0.2) is 36.4 Å². The maximum absolute atomic E-state index is 11.0. The van der Waals surface area contributed by atoms with Gasteiger partial charge in [-0.15, -0.1) is 0 Å². The van der Waals surface area contributed by atoms with Crippen LogP contribution in [0, 0.1) is 6.92 Å². The van der Waals surface area contributed by atoms with Crippen molar-refractivity contribution in [3.8, 4) is 11.5 Å². The Morgan fingerprint density at radius 3 is 2.50 bits per heavy atom. The fourth-order valence-electron chi connectivity index (χ4n) is 2.69. The van der Waals surface area contributed by atoms with Gasteiger partial charge in [0.2, 0.25) is 0 Å². The fraction of sp³-hybridized carbons (Fsp3) is 0.235. The Hall–Kier alpha value is -2.29. The van der Waals surface area contributed by atoms with Crippen LogP contribution in [-0.2, 0) is 12.8 Å². The molecular weight excluding hydrogens is 252 g/mol. The number of aryl methyl sites for hydroxylation is 3. The first-order chi connectivity index (χ1) is 9.63. The maximum atomic E-state index is 11.0. The lowest BCUT2D eigenvalue weighted by atomic mass is 10.1. The van der Waals surface area contributed by atoms with E-state index < -0.39 is 5.97 Å². The van der Waals surface area contributed by atoms with Crippen molar-refractivity contribution in [2.24, 2.45) is 0 Å². The normalized spacial score (nSPS) is 13.1. The lowest BCUT2D eigenvalue weighted by Crippen LogP contribution is -1.99. The zero-order chi connectivity index (χ0) is 14.1. The number of benzene rings is 2. The van der Waals surface area contributed by atoms with E-state index in [2.05, 4.69) is 12.1 Å². The molecule has 0 spiro atoms. The number of rotatable bonds is 3. The van der Waals surface area contributed by atoms with E-state index in [1.54, 1.807) is 25.1 Å². The molecule has 2 aromatic carbocycles. The van der Waals surface area contributed by atoms with Crippen LogP contribution in [0.3, 0.4) is 0 Å². The third-order valence-corrected chi connectivity index (χ3v) is 3.73. The van der Waals surface area contributed by atoms with Crippen molar-refractivity contribution in [3.63, 3.8) is 0 Å². The van der Waals surface area contributed by atoms with Gasteiger partial charge < -0.3 is 9.84 Å². The quantitative estimate of drug-likeness (QED) is 0.916. The number of hydrogen-bond acceptors (Lipinski definition) is 2. The fourth-order valence-corrected chi connectivity index (χ4v) is 2.69. The summed E-state index contributed by atoms with van der Waals surface area (Å²) in [6.07, 6.45) is 3.48. The van der Waals surface area contributed by atoms with Gasteiger partial charge in [0.1, 0.15) is 11.5 Å². The van der Waals surface area contributed by atoms with Crippen LogP contribution in [0.5, 0.6) is 11.5 Å². The van der Waals surface area contributed by atoms with Crippen LogP contribution in [0.2, 0.25) is 0 Å². The zero-order valence-corrected chi connectivity index (χ0v) is 11.3. The molecule has 3 rings (SSSR count). The number of carbonyl (C=O) groups is 1. The summed E-state index contributed by atoms with van der Waals surface area (Å²) in [6.45, 7) is 1.78. The highest BCUT2D eigenvalue weighted by Crippen LogP contribution is 2.29. The van der Waals surface area contributed by atoms with Gasteiger partial charge in [0.15, 0.2) is 0 Å². The van der Waals surface area contributed by atoms with Crippen LogP contribution in [0.25, 0.3) is 0 Å². The number of aromatic carboxylic acids is 1. The Morgan fingerprint density at radius 1 is 1.05 bits per heavy atom. The molecule has 0 fully saturated rings. The first-order valence-corrected chi connectivity index (χ1v) is 6.77. The van der Waals surface area contributed by atoms with Gasteiger partial charge in [-0.2, -0.15) is 0 Å². The summed E-state index contributed by atoms with van der Waals surface area (Å²) in [4.78, 5) is 11.0. The largest absolute Gasteiger partial charge is 0.478 e. The average Bonchev–Trinajstić information content (AvgIpc) is 2.85. The standard InChI is InChI=1S/C17H16O3/c1-11-9-14(7-8-16(11)17(18)19)20-15-6-5-12-3-2-4-13(12)10-15/h5-10H,2-4H2,1H3,(H,18,19). The van der Waals surface area contributed by atoms with Crippen molar-refractivity contribution in [1.29, 1.82) is 0 Å². The summed E-state index contributed by atoms with van der Waals surface area (Å²) < 4.78 is 5.83. The molecule has 0 amide bonds. The van der Waals surface area contributed by atoms with Gasteiger partial charge in [0.25, 0.3) is 0 Å². The Kier molecular flexibility index (Phi) is 3.18. The summed E-state index contributed by atoms with van der Waals surface area (Å²) >= 11 is 0. The minimum atomic E-state index is -0.911. The number of carboxylic acid groups (broad SMARTS) is 1. The van der Waals surface area contributed by atoms with Crippen molar-refractivity contribution in [2.75, 3.05) is 0 Å². The van der Waals surface area contributed by atoms with E-state index in [0.29, 0.717) is 16.9 Å². The molecule has 1 aliphatic rings. The number of hydrogen-bond donors (Lipinski definition) is 1. The molecule has 0 saturated heterocycles. The third kappa shape index (κ3) is 2.39. The van der Waals surface area contributed by atoms with Gasteiger partial charge in [0, 0.05) is 0 Å². The van der Waals surface area contributed by atoms with E-state index >= 15 is 0 Å². The van der Waals surface area contributed by atoms with E-state index in [0.717, 1.165) is 18.6 Å². The topological polar surface area (TPSA) is 46.5 Å². The highest BCUT2D eigenvalue weighted by Gasteiger charge is 2.12. The molecule has 0 atom stereocenters. The first kappa shape index (κ1) is 12.7. The molecule has 0 aliphatic heterocycles. The third-order valence-electron chi connectivity index (χ3n) is 3.73. The van der Waals surface area contributed by atoms with Crippen LogP contribution in [0.1, 0.15) is 33.5 Å². The van der Waals surface area contributed by atoms with E-state index in [-0.39, 0.29) is 0 Å². The van der Waals surface area contributed by atoms with Crippen molar-refractivity contribution >= 4 is 5.97 Å². The molecule has 0 unspecified atom stereocenters. The van der Waals surface area contributed by atoms with Crippen molar-refractivity contribution < 1.29 is 14.6 Å². The van der Waals surface area contributed by atoms with Gasteiger partial charge in [-0.25, -0.2) is 4.79 Å². The smallest absolute Gasteiger partial charge is 0.335 e. The minimum Gasteiger partial charge on any atom is -0.478 e. The predicted octanol–water partition coefficient (Wildman–Crippen LogP) is 3.97. The lowest BCUT2D eigenvalue weighted by molar-refractivity contribution is 0.0696. The maximum Gasteiger partial charge on any atom is 0.335 e. The van der Waals surface area contributed by atoms with Crippen molar-refractivity contribution in [2.45, 2.75) is 26.2 Å². The second kappa shape index (κ2) is 5.00. The van der Waals surface area contributed by atoms with Gasteiger partial charge in [-0.1, -0.05) is 6.07 Å². The average molecular weight is 268 g/mol. The van der Waals surface area contributed by atoms with Gasteiger partial charge in [-0.05, 0) is 73.2 Å². The van der Waals surface area contributed by atoms with Gasteiger partial charge >= 0.3 is 5.97 Å². The molecule has 1 aliphatic carbocycles. The van der Waals surface area contributed by atoms with Gasteiger partial charge in [0.05, 0.1) is 5.56 Å². The first-order valence-electron chi connectivity index (χ1n) is 6.77. The highest BCUT2D eigenvalue weighted by molar-refractivity contribution is 5.89. The lowest BCUT2D eigenvalue weighted by Gasteiger charge is -2.09. The second-order valence-electron chi connectivity index (χ2n) is 5.17. The van der Waals surface area contributed by atoms with E-state index in [1.165, 1.54) is 17.5 Å². The van der Waals surface area contributed by atoms with Crippen LogP contribution in [0.4, 0.5) is 0 Å². The van der Waals surface area contributed by atoms with E-state index in [4.69, 9.17) is 9.84 Å². The molecule has 102 valence electrons. The Labute approximate surface area is 117 Å². The van der Waals surface area contributed by atoms with E-state index in [1.807, 2.05) is 6.07 Å². The Bertz CT molecular complexity index is 674. The van der Waals surface area contributed by atoms with Crippen LogP contribution in [-0.4, -0.2) is 11.1 Å². The summed E-state index contributed by atoms with van der Waals surface area (Å²) in [7, 11) is 0. The van der Waals surface area contributed by atoms with Crippen molar-refractivity contribution in [3.05, 3.63) is 58.7 Å². The Morgan fingerprint density at radius 2 is 1.75 bits per heavy atom. The summed E-state index contributed by atoms with van der Waals surface area (Å²) in [5.74, 6) is 0.574. The van der Waals surface area contributed by atoms with Crippen LogP contribution < -0.4 is 4.74 Å². The minimum absolute atomic E-state index is 0.311. The molecular formula is C17H16O3. The molecule has 2 aromatic rings. The SMILES string of the molecule is Cc1cc(Oc2ccc3c(c2)CCC3)ccc1C(=O)O. The monoisotopic (exact) mass is 268 g/mol. The molecule has 1 N–H and O–H groups in total. The molecule has 0 radical (unpaired) electrons. The molecule has 20 heavy (non-hydrogen) atoms. The zero-order valence-electron chi connectivity index (χ0n) is 11.3. The summed E-state index contributed by atoms with van der Waals surface area (Å²) in [6, 6.07) is 11.2. The molecule has 3 heteroatoms. The summed E-state index contributed by atoms with van der Waals surface area (Å²) in [5.41, 5.74) is 3.79. The number of carboxylic acids is 1. The number of ether oxygens (including phenoxy) is 1.